The monoisotopic (exact) mass is 931 g/mol. The van der Waals surface area contributed by atoms with E-state index in [9.17, 15) is 48.3 Å². The van der Waals surface area contributed by atoms with Crippen molar-refractivity contribution in [1.82, 2.24) is 9.80 Å². The quantitative estimate of drug-likeness (QED) is 0.0251. The van der Waals surface area contributed by atoms with E-state index in [1.165, 1.54) is 32.6 Å². The van der Waals surface area contributed by atoms with Crippen molar-refractivity contribution in [3.05, 3.63) is 0 Å². The highest BCUT2D eigenvalue weighted by Crippen LogP contribution is 2.18. The number of nitrogens with zero attached hydrogens (tertiary/aromatic N) is 2. The lowest BCUT2D eigenvalue weighted by Gasteiger charge is -2.27. The largest absolute Gasteiger partial charge is 0.490 e. The zero-order valence-electron chi connectivity index (χ0n) is 40.6. The summed E-state index contributed by atoms with van der Waals surface area (Å²) in [5, 5.41) is 60.6. The number of carboxylic acids is 1. The molecule has 64 heavy (non-hydrogen) atoms. The lowest BCUT2D eigenvalue weighted by atomic mass is 9.98. The van der Waals surface area contributed by atoms with Gasteiger partial charge in [-0.25, -0.2) is 4.79 Å². The molecule has 4 unspecified atom stereocenters. The molecular formula is C48H93F3N2O11. The van der Waals surface area contributed by atoms with Gasteiger partial charge in [0.25, 0.3) is 0 Å². The minimum atomic E-state index is -5.08. The van der Waals surface area contributed by atoms with Gasteiger partial charge in [0.1, 0.15) is 0 Å². The van der Waals surface area contributed by atoms with Crippen LogP contribution in [0.1, 0.15) is 202 Å². The van der Waals surface area contributed by atoms with E-state index in [0.29, 0.717) is 52.1 Å². The predicted octanol–water partition coefficient (Wildman–Crippen LogP) is 8.73. The van der Waals surface area contributed by atoms with Gasteiger partial charge in [-0.15, -0.1) is 0 Å². The van der Waals surface area contributed by atoms with E-state index in [2.05, 4.69) is 37.5 Å². The number of aliphatic hydroxyl groups excluding tert-OH is 4. The third-order valence-electron chi connectivity index (χ3n) is 11.0. The summed E-state index contributed by atoms with van der Waals surface area (Å²) in [6.45, 7) is 13.9. The number of halogens is 3. The van der Waals surface area contributed by atoms with Crippen molar-refractivity contribution in [2.75, 3.05) is 52.5 Å². The third-order valence-corrected chi connectivity index (χ3v) is 11.0. The summed E-state index contributed by atoms with van der Waals surface area (Å²) in [7, 11) is 0. The number of carbonyl (C=O) groups is 3. The number of aliphatic hydroxyl groups is 5. The molecule has 0 aromatic rings. The Morgan fingerprint density at radius 3 is 0.984 bits per heavy atom. The third kappa shape index (κ3) is 42.5. The lowest BCUT2D eigenvalue weighted by Crippen LogP contribution is -2.39. The van der Waals surface area contributed by atoms with Crippen LogP contribution in [0, 0.1) is 0 Å². The van der Waals surface area contributed by atoms with Crippen LogP contribution in [0.15, 0.2) is 0 Å². The minimum Gasteiger partial charge on any atom is -0.475 e. The molecule has 0 aromatic carbocycles. The Labute approximate surface area is 384 Å². The molecule has 13 nitrogen and oxygen atoms in total. The maximum Gasteiger partial charge on any atom is 0.490 e. The second kappa shape index (κ2) is 41.1. The number of hydrogen-bond donors (Lipinski definition) is 6. The van der Waals surface area contributed by atoms with Gasteiger partial charge in [-0.05, 0) is 71.4 Å². The van der Waals surface area contributed by atoms with E-state index < -0.39 is 54.1 Å². The molecule has 0 aliphatic rings. The van der Waals surface area contributed by atoms with Gasteiger partial charge in [0.05, 0.1) is 56.1 Å². The van der Waals surface area contributed by atoms with Crippen molar-refractivity contribution >= 4 is 17.9 Å². The number of carboxylic acid groups (broad SMARTS) is 1. The summed E-state index contributed by atoms with van der Waals surface area (Å²) in [5.41, 5.74) is -1.59. The highest BCUT2D eigenvalue weighted by Gasteiger charge is 2.38. The van der Waals surface area contributed by atoms with E-state index in [0.717, 1.165) is 116 Å². The van der Waals surface area contributed by atoms with Crippen LogP contribution in [-0.4, -0.2) is 147 Å². The summed E-state index contributed by atoms with van der Waals surface area (Å²) in [6, 6.07) is 0. The fourth-order valence-electron chi connectivity index (χ4n) is 7.33. The van der Waals surface area contributed by atoms with Crippen molar-refractivity contribution < 1.29 is 67.7 Å². The zero-order chi connectivity index (χ0) is 48.7. The standard InChI is InChI=1S/C46H92N2O9.C2HF3O2/c1-6-10-14-18-26-40(49)36-47(37-41(50)27-19-15-11-7-2)30-22-24-32-56-44(53)34-46(5,55)35-45(54)57-33-25-23-31-48(38-42(51)28-20-16-12-8-3)39-43(52)29-21-17-13-9-4;3-2(4,5)1(6)7/h40-43,49-52,55H,6-39H2,1-5H3;(H,6,7). The maximum absolute atomic E-state index is 12.6. The average molecular weight is 931 g/mol. The first-order valence-electron chi connectivity index (χ1n) is 24.8. The van der Waals surface area contributed by atoms with E-state index in [4.69, 9.17) is 19.4 Å². The molecule has 0 radical (unpaired) electrons. The molecular weight excluding hydrogens is 838 g/mol. The summed E-state index contributed by atoms with van der Waals surface area (Å²) in [6.07, 6.45) is 16.0. The molecule has 16 heteroatoms. The Balaban J connectivity index is 0. The fourth-order valence-corrected chi connectivity index (χ4v) is 7.33. The molecule has 0 saturated heterocycles. The van der Waals surface area contributed by atoms with E-state index in [1.54, 1.807) is 0 Å². The molecule has 0 rings (SSSR count). The summed E-state index contributed by atoms with van der Waals surface area (Å²) in [4.78, 5) is 38.3. The van der Waals surface area contributed by atoms with E-state index >= 15 is 0 Å². The van der Waals surface area contributed by atoms with Crippen LogP contribution >= 0.6 is 0 Å². The van der Waals surface area contributed by atoms with Gasteiger partial charge < -0.3 is 40.1 Å². The molecule has 0 aliphatic heterocycles. The fraction of sp³-hybridized carbons (Fsp3) is 0.938. The normalized spacial score (nSPS) is 14.7. The van der Waals surface area contributed by atoms with Crippen LogP contribution in [0.5, 0.6) is 0 Å². The van der Waals surface area contributed by atoms with Crippen LogP contribution in [0.25, 0.3) is 0 Å². The van der Waals surface area contributed by atoms with Gasteiger partial charge in [-0.1, -0.05) is 130 Å². The van der Waals surface area contributed by atoms with Crippen LogP contribution in [0.4, 0.5) is 13.2 Å². The molecule has 0 aliphatic carbocycles. The maximum atomic E-state index is 12.6. The van der Waals surface area contributed by atoms with E-state index in [-0.39, 0.29) is 26.1 Å². The van der Waals surface area contributed by atoms with Gasteiger partial charge in [0.2, 0.25) is 0 Å². The van der Waals surface area contributed by atoms with Gasteiger partial charge in [0, 0.05) is 26.2 Å². The topological polar surface area (TPSA) is 198 Å². The van der Waals surface area contributed by atoms with Crippen molar-refractivity contribution in [3.8, 4) is 0 Å². The zero-order valence-corrected chi connectivity index (χ0v) is 40.6. The van der Waals surface area contributed by atoms with Gasteiger partial charge >= 0.3 is 24.1 Å². The van der Waals surface area contributed by atoms with Crippen LogP contribution in [-0.2, 0) is 23.9 Å². The summed E-state index contributed by atoms with van der Waals surface area (Å²) >= 11 is 0. The van der Waals surface area contributed by atoms with Gasteiger partial charge in [-0.3, -0.25) is 19.4 Å². The highest BCUT2D eigenvalue weighted by molar-refractivity contribution is 5.75. The molecule has 0 heterocycles. The SMILES string of the molecule is CCCCCCC(O)CN(CCCCOC(=O)CC(C)(O)CC(=O)OCCCCN(CC(O)CCCCCC)CC(O)CCCCCC)CC(O)CCCCCC.O=C(O)C(F)(F)F. The average Bonchev–Trinajstić information content (AvgIpc) is 3.20. The number of aliphatic carboxylic acids is 1. The Bertz CT molecular complexity index is 1010. The first kappa shape index (κ1) is 64.0. The molecule has 4 atom stereocenters. The number of esters is 2. The number of rotatable bonds is 42. The van der Waals surface area contributed by atoms with Gasteiger partial charge in [-0.2, -0.15) is 13.2 Å². The second-order valence-corrected chi connectivity index (χ2v) is 18.0. The Kier molecular flexibility index (Phi) is 41.1. The molecule has 0 spiro atoms. The molecule has 382 valence electrons. The number of alkyl halides is 3. The molecule has 0 fully saturated rings. The first-order chi connectivity index (χ1) is 30.3. The first-order valence-corrected chi connectivity index (χ1v) is 24.8. The van der Waals surface area contributed by atoms with Crippen molar-refractivity contribution in [3.63, 3.8) is 0 Å². The van der Waals surface area contributed by atoms with Crippen LogP contribution in [0.3, 0.4) is 0 Å². The Hall–Kier alpha value is -2.08. The number of unbranched alkanes of at least 4 members (excludes halogenated alkanes) is 14. The number of hydrogen-bond acceptors (Lipinski definition) is 12. The summed E-state index contributed by atoms with van der Waals surface area (Å²) in [5.74, 6) is -3.91. The minimum absolute atomic E-state index is 0.190. The highest BCUT2D eigenvalue weighted by atomic mass is 19.4. The Morgan fingerprint density at radius 1 is 0.484 bits per heavy atom. The van der Waals surface area contributed by atoms with Crippen molar-refractivity contribution in [2.45, 2.75) is 238 Å². The molecule has 0 saturated carbocycles. The van der Waals surface area contributed by atoms with Crippen LogP contribution in [0.2, 0.25) is 0 Å². The van der Waals surface area contributed by atoms with Crippen LogP contribution < -0.4 is 0 Å². The second-order valence-electron chi connectivity index (χ2n) is 18.0. The lowest BCUT2D eigenvalue weighted by molar-refractivity contribution is -0.192. The molecule has 6 N–H and O–H groups in total. The Morgan fingerprint density at radius 2 is 0.750 bits per heavy atom. The number of carbonyl (C=O) groups excluding carboxylic acids is 2. The summed E-state index contributed by atoms with van der Waals surface area (Å²) < 4.78 is 42.5. The smallest absolute Gasteiger partial charge is 0.475 e. The van der Waals surface area contributed by atoms with Gasteiger partial charge in [0.15, 0.2) is 0 Å². The number of ether oxygens (including phenoxy) is 2. The van der Waals surface area contributed by atoms with Crippen molar-refractivity contribution in [2.24, 2.45) is 0 Å². The molecule has 0 amide bonds. The van der Waals surface area contributed by atoms with E-state index in [1.807, 2.05) is 0 Å². The predicted molar refractivity (Wildman–Crippen MR) is 246 cm³/mol. The van der Waals surface area contributed by atoms with Crippen molar-refractivity contribution in [1.29, 1.82) is 0 Å². The molecule has 0 bridgehead atoms. The molecule has 0 aromatic heterocycles.